The van der Waals surface area contributed by atoms with E-state index in [4.69, 9.17) is 11.6 Å². The van der Waals surface area contributed by atoms with Gasteiger partial charge in [-0.2, -0.15) is 0 Å². The maximum absolute atomic E-state index is 5.92. The lowest BCUT2D eigenvalue weighted by molar-refractivity contribution is 0.589. The van der Waals surface area contributed by atoms with Crippen LogP contribution in [0.5, 0.6) is 0 Å². The number of rotatable bonds is 2. The highest BCUT2D eigenvalue weighted by Gasteiger charge is 2.11. The van der Waals surface area contributed by atoms with E-state index < -0.39 is 0 Å². The zero-order valence-electron chi connectivity index (χ0n) is 10.6. The summed E-state index contributed by atoms with van der Waals surface area (Å²) in [6.07, 6.45) is 3.83. The number of nitrogens with zero attached hydrogens (tertiary/aromatic N) is 2. The Morgan fingerprint density at radius 1 is 1.00 bits per heavy atom. The number of anilines is 1. The van der Waals surface area contributed by atoms with E-state index in [0.717, 1.165) is 42.3 Å². The van der Waals surface area contributed by atoms with E-state index in [1.54, 1.807) is 0 Å². The summed E-state index contributed by atoms with van der Waals surface area (Å²) in [7, 11) is 0. The fourth-order valence-electron chi connectivity index (χ4n) is 2.32. The quantitative estimate of drug-likeness (QED) is 0.912. The van der Waals surface area contributed by atoms with Gasteiger partial charge in [-0.3, -0.25) is 4.98 Å². The SMILES string of the molecule is Clc1ccc(-c2cncc(N3CCNCC3)c2)cc1. The van der Waals surface area contributed by atoms with Gasteiger partial charge in [-0.05, 0) is 23.8 Å². The van der Waals surface area contributed by atoms with Gasteiger partial charge in [-0.1, -0.05) is 23.7 Å². The van der Waals surface area contributed by atoms with Crippen LogP contribution >= 0.6 is 11.6 Å². The third-order valence-corrected chi connectivity index (χ3v) is 3.64. The number of nitrogens with one attached hydrogen (secondary N) is 1. The number of aromatic nitrogens is 1. The second kappa shape index (κ2) is 5.59. The molecule has 1 aromatic heterocycles. The van der Waals surface area contributed by atoms with Gasteiger partial charge in [0.1, 0.15) is 0 Å². The van der Waals surface area contributed by atoms with E-state index in [2.05, 4.69) is 21.3 Å². The molecular weight excluding hydrogens is 258 g/mol. The van der Waals surface area contributed by atoms with Crippen molar-refractivity contribution in [2.45, 2.75) is 0 Å². The lowest BCUT2D eigenvalue weighted by Crippen LogP contribution is -2.43. The average Bonchev–Trinajstić information content (AvgIpc) is 2.49. The Kier molecular flexibility index (Phi) is 3.67. The van der Waals surface area contributed by atoms with Crippen molar-refractivity contribution in [3.63, 3.8) is 0 Å². The second-order valence-corrected chi connectivity index (χ2v) is 5.11. The van der Waals surface area contributed by atoms with Gasteiger partial charge in [0, 0.05) is 43.0 Å². The summed E-state index contributed by atoms with van der Waals surface area (Å²) in [5.41, 5.74) is 3.47. The van der Waals surface area contributed by atoms with Crippen molar-refractivity contribution in [3.8, 4) is 11.1 Å². The molecule has 0 spiro atoms. The summed E-state index contributed by atoms with van der Waals surface area (Å²) in [4.78, 5) is 6.73. The van der Waals surface area contributed by atoms with Crippen LogP contribution in [0.3, 0.4) is 0 Å². The van der Waals surface area contributed by atoms with Crippen LogP contribution in [0.4, 0.5) is 5.69 Å². The Bertz CT molecular complexity index is 548. The van der Waals surface area contributed by atoms with Crippen LogP contribution in [-0.2, 0) is 0 Å². The summed E-state index contributed by atoms with van der Waals surface area (Å²) in [5, 5.41) is 4.12. The lowest BCUT2D eigenvalue weighted by Gasteiger charge is -2.29. The Hall–Kier alpha value is -1.58. The minimum atomic E-state index is 0.759. The molecule has 1 saturated heterocycles. The summed E-state index contributed by atoms with van der Waals surface area (Å²) < 4.78 is 0. The minimum Gasteiger partial charge on any atom is -0.368 e. The summed E-state index contributed by atoms with van der Waals surface area (Å²) in [6, 6.07) is 10.1. The van der Waals surface area contributed by atoms with Crippen LogP contribution < -0.4 is 10.2 Å². The van der Waals surface area contributed by atoms with E-state index in [1.165, 1.54) is 5.69 Å². The van der Waals surface area contributed by atoms with E-state index in [1.807, 2.05) is 36.7 Å². The van der Waals surface area contributed by atoms with Gasteiger partial charge in [0.15, 0.2) is 0 Å². The molecule has 1 aliphatic heterocycles. The molecule has 0 saturated carbocycles. The molecule has 0 radical (unpaired) electrons. The van der Waals surface area contributed by atoms with Crippen molar-refractivity contribution in [1.82, 2.24) is 10.3 Å². The first-order chi connectivity index (χ1) is 9.33. The maximum atomic E-state index is 5.92. The van der Waals surface area contributed by atoms with Gasteiger partial charge in [-0.25, -0.2) is 0 Å². The number of hydrogen-bond acceptors (Lipinski definition) is 3. The van der Waals surface area contributed by atoms with Crippen LogP contribution in [0.25, 0.3) is 11.1 Å². The van der Waals surface area contributed by atoms with Gasteiger partial charge >= 0.3 is 0 Å². The van der Waals surface area contributed by atoms with Crippen LogP contribution in [0.1, 0.15) is 0 Å². The maximum Gasteiger partial charge on any atom is 0.0559 e. The van der Waals surface area contributed by atoms with Crippen molar-refractivity contribution < 1.29 is 0 Å². The van der Waals surface area contributed by atoms with Crippen LogP contribution in [0.15, 0.2) is 42.7 Å². The van der Waals surface area contributed by atoms with Crippen LogP contribution in [0.2, 0.25) is 5.02 Å². The average molecular weight is 274 g/mol. The molecule has 1 N–H and O–H groups in total. The standard InChI is InChI=1S/C15H16ClN3/c16-14-3-1-12(2-4-14)13-9-15(11-18-10-13)19-7-5-17-6-8-19/h1-4,9-11,17H,5-8H2. The molecule has 98 valence electrons. The molecule has 1 aromatic carbocycles. The smallest absolute Gasteiger partial charge is 0.0559 e. The van der Waals surface area contributed by atoms with Gasteiger partial charge in [-0.15, -0.1) is 0 Å². The third kappa shape index (κ3) is 2.88. The summed E-state index contributed by atoms with van der Waals surface area (Å²) >= 11 is 5.92. The molecule has 1 fully saturated rings. The largest absolute Gasteiger partial charge is 0.368 e. The molecule has 0 amide bonds. The highest BCUT2D eigenvalue weighted by atomic mass is 35.5. The van der Waals surface area contributed by atoms with E-state index in [-0.39, 0.29) is 0 Å². The number of halogens is 1. The molecule has 3 nitrogen and oxygen atoms in total. The molecule has 2 heterocycles. The van der Waals surface area contributed by atoms with Crippen molar-refractivity contribution in [3.05, 3.63) is 47.7 Å². The van der Waals surface area contributed by atoms with Crippen LogP contribution in [-0.4, -0.2) is 31.2 Å². The Balaban J connectivity index is 1.88. The molecule has 0 unspecified atom stereocenters. The van der Waals surface area contributed by atoms with E-state index in [9.17, 15) is 0 Å². The van der Waals surface area contributed by atoms with Crippen molar-refractivity contribution in [1.29, 1.82) is 0 Å². The van der Waals surface area contributed by atoms with Crippen molar-refractivity contribution >= 4 is 17.3 Å². The number of pyridine rings is 1. The molecule has 19 heavy (non-hydrogen) atoms. The van der Waals surface area contributed by atoms with Gasteiger partial charge in [0.2, 0.25) is 0 Å². The molecule has 2 aromatic rings. The Morgan fingerprint density at radius 2 is 1.74 bits per heavy atom. The predicted molar refractivity (Wildman–Crippen MR) is 79.8 cm³/mol. The van der Waals surface area contributed by atoms with Gasteiger partial charge < -0.3 is 10.2 Å². The first-order valence-electron chi connectivity index (χ1n) is 6.49. The highest BCUT2D eigenvalue weighted by Crippen LogP contribution is 2.24. The molecular formula is C15H16ClN3. The minimum absolute atomic E-state index is 0.759. The van der Waals surface area contributed by atoms with E-state index in [0.29, 0.717) is 0 Å². The highest BCUT2D eigenvalue weighted by molar-refractivity contribution is 6.30. The number of benzene rings is 1. The Morgan fingerprint density at radius 3 is 2.47 bits per heavy atom. The predicted octanol–water partition coefficient (Wildman–Crippen LogP) is 2.81. The number of piperazine rings is 1. The molecule has 0 bridgehead atoms. The summed E-state index contributed by atoms with van der Waals surface area (Å²) in [6.45, 7) is 4.13. The molecule has 0 aliphatic carbocycles. The first kappa shape index (κ1) is 12.5. The first-order valence-corrected chi connectivity index (χ1v) is 6.87. The van der Waals surface area contributed by atoms with Gasteiger partial charge in [0.25, 0.3) is 0 Å². The molecule has 3 rings (SSSR count). The molecule has 0 atom stereocenters. The second-order valence-electron chi connectivity index (χ2n) is 4.68. The topological polar surface area (TPSA) is 28.2 Å². The van der Waals surface area contributed by atoms with Crippen molar-refractivity contribution in [2.75, 3.05) is 31.1 Å². The summed E-state index contributed by atoms with van der Waals surface area (Å²) in [5.74, 6) is 0. The van der Waals surface area contributed by atoms with Crippen molar-refractivity contribution in [2.24, 2.45) is 0 Å². The fourth-order valence-corrected chi connectivity index (χ4v) is 2.45. The van der Waals surface area contributed by atoms with Gasteiger partial charge in [0.05, 0.1) is 11.9 Å². The molecule has 4 heteroatoms. The zero-order valence-corrected chi connectivity index (χ0v) is 11.4. The normalized spacial score (nSPS) is 15.5. The van der Waals surface area contributed by atoms with E-state index >= 15 is 0 Å². The monoisotopic (exact) mass is 273 g/mol. The zero-order chi connectivity index (χ0) is 13.1. The van der Waals surface area contributed by atoms with Crippen LogP contribution in [0, 0.1) is 0 Å². The molecule has 1 aliphatic rings. The number of hydrogen-bond donors (Lipinski definition) is 1. The third-order valence-electron chi connectivity index (χ3n) is 3.38. The fraction of sp³-hybridized carbons (Fsp3) is 0.267. The Labute approximate surface area is 118 Å². The lowest BCUT2D eigenvalue weighted by atomic mass is 10.1.